The van der Waals surface area contributed by atoms with Crippen molar-refractivity contribution >= 4 is 29.2 Å². The third-order valence-electron chi connectivity index (χ3n) is 8.73. The molecule has 0 radical (unpaired) electrons. The highest BCUT2D eigenvalue weighted by Gasteiger charge is 2.51. The normalized spacial score (nSPS) is 22.4. The lowest BCUT2D eigenvalue weighted by molar-refractivity contribution is -0.182. The fourth-order valence-corrected chi connectivity index (χ4v) is 6.48. The first-order valence-corrected chi connectivity index (χ1v) is 13.8. The van der Waals surface area contributed by atoms with Crippen LogP contribution in [0.3, 0.4) is 0 Å². The summed E-state index contributed by atoms with van der Waals surface area (Å²) in [7, 11) is 0. The Morgan fingerprint density at radius 1 is 1.07 bits per heavy atom. The maximum absolute atomic E-state index is 14.1. The molecule has 8 nitrogen and oxygen atoms in total. The number of amides is 3. The number of rotatable bonds is 6. The van der Waals surface area contributed by atoms with Gasteiger partial charge in [0.15, 0.2) is 0 Å². The van der Waals surface area contributed by atoms with Gasteiger partial charge in [-0.15, -0.1) is 0 Å². The van der Waals surface area contributed by atoms with Crippen molar-refractivity contribution in [2.24, 2.45) is 0 Å². The highest BCUT2D eigenvalue weighted by Crippen LogP contribution is 2.47. The predicted molar refractivity (Wildman–Crippen MR) is 147 cm³/mol. The maximum Gasteiger partial charge on any atom is 0.255 e. The Morgan fingerprint density at radius 3 is 2.54 bits per heavy atom. The van der Waals surface area contributed by atoms with Crippen LogP contribution in [0.1, 0.15) is 55.0 Å². The van der Waals surface area contributed by atoms with Crippen LogP contribution < -0.4 is 10.6 Å². The number of carbonyl (C=O) groups excluding carboxylic acids is 3. The molecule has 0 bridgehead atoms. The summed E-state index contributed by atoms with van der Waals surface area (Å²) in [6.07, 6.45) is 3.44. The van der Waals surface area contributed by atoms with E-state index in [4.69, 9.17) is 4.74 Å². The molecule has 2 aromatic carbocycles. The first kappa shape index (κ1) is 27.0. The number of hydrogen-bond acceptors (Lipinski definition) is 5. The molecule has 1 aromatic heterocycles. The van der Waals surface area contributed by atoms with Crippen LogP contribution in [-0.4, -0.2) is 46.4 Å². The molecule has 10 heteroatoms. The second kappa shape index (κ2) is 10.0. The van der Waals surface area contributed by atoms with Crippen molar-refractivity contribution in [1.29, 1.82) is 0 Å². The van der Waals surface area contributed by atoms with Gasteiger partial charge in [0.2, 0.25) is 11.8 Å². The second-order valence-corrected chi connectivity index (χ2v) is 11.0. The van der Waals surface area contributed by atoms with Gasteiger partial charge in [-0.3, -0.25) is 14.4 Å². The van der Waals surface area contributed by atoms with Gasteiger partial charge in [-0.05, 0) is 72.7 Å². The number of fused-ring (bicyclic) bond motifs is 3. The number of benzene rings is 2. The summed E-state index contributed by atoms with van der Waals surface area (Å²) in [5.41, 5.74) is 1.73. The Bertz CT molecular complexity index is 1550. The van der Waals surface area contributed by atoms with E-state index in [2.05, 4.69) is 15.6 Å². The molecular formula is C31H30F2N4O4. The summed E-state index contributed by atoms with van der Waals surface area (Å²) >= 11 is 0. The number of carbonyl (C=O) groups is 3. The van der Waals surface area contributed by atoms with Crippen LogP contribution in [0.4, 0.5) is 20.3 Å². The van der Waals surface area contributed by atoms with Gasteiger partial charge < -0.3 is 20.3 Å². The van der Waals surface area contributed by atoms with Crippen molar-refractivity contribution in [2.45, 2.75) is 56.6 Å². The molecule has 0 saturated carbocycles. The van der Waals surface area contributed by atoms with Crippen LogP contribution in [0.2, 0.25) is 0 Å². The van der Waals surface area contributed by atoms with Crippen molar-refractivity contribution in [3.8, 4) is 0 Å². The van der Waals surface area contributed by atoms with Crippen LogP contribution in [0.15, 0.2) is 54.7 Å². The molecule has 1 aliphatic carbocycles. The summed E-state index contributed by atoms with van der Waals surface area (Å²) in [6, 6.07) is 11.5. The largest absolute Gasteiger partial charge is 0.363 e. The topological polar surface area (TPSA) is 101 Å². The molecule has 2 aliphatic heterocycles. The van der Waals surface area contributed by atoms with Gasteiger partial charge in [0, 0.05) is 23.5 Å². The fraction of sp³-hybridized carbons (Fsp3) is 0.355. The van der Waals surface area contributed by atoms with Gasteiger partial charge in [-0.25, -0.2) is 13.8 Å². The van der Waals surface area contributed by atoms with Gasteiger partial charge in [-0.1, -0.05) is 26.0 Å². The van der Waals surface area contributed by atoms with Gasteiger partial charge in [0.25, 0.3) is 5.91 Å². The average molecular weight is 561 g/mol. The van der Waals surface area contributed by atoms with E-state index in [1.54, 1.807) is 12.3 Å². The predicted octanol–water partition coefficient (Wildman–Crippen LogP) is 4.45. The summed E-state index contributed by atoms with van der Waals surface area (Å²) in [6.45, 7) is 3.34. The monoisotopic (exact) mass is 560 g/mol. The Kier molecular flexibility index (Phi) is 6.60. The number of anilines is 2. The maximum atomic E-state index is 14.1. The molecule has 1 spiro atoms. The number of pyridine rings is 1. The first-order chi connectivity index (χ1) is 19.7. The fourth-order valence-electron chi connectivity index (χ4n) is 6.48. The molecule has 1 fully saturated rings. The van der Waals surface area contributed by atoms with Crippen LogP contribution in [0.5, 0.6) is 0 Å². The van der Waals surface area contributed by atoms with Crippen LogP contribution in [0.25, 0.3) is 0 Å². The molecule has 0 unspecified atom stereocenters. The van der Waals surface area contributed by atoms with E-state index in [1.807, 2.05) is 38.1 Å². The van der Waals surface area contributed by atoms with E-state index in [0.29, 0.717) is 37.2 Å². The van der Waals surface area contributed by atoms with E-state index in [0.717, 1.165) is 34.9 Å². The molecule has 3 aliphatic rings. The number of morpholine rings is 1. The van der Waals surface area contributed by atoms with E-state index in [1.165, 1.54) is 4.90 Å². The molecular weight excluding hydrogens is 530 g/mol. The minimum absolute atomic E-state index is 0.00289. The van der Waals surface area contributed by atoms with Gasteiger partial charge in [0.1, 0.15) is 29.6 Å². The van der Waals surface area contributed by atoms with Gasteiger partial charge in [0.05, 0.1) is 18.1 Å². The van der Waals surface area contributed by atoms with Crippen molar-refractivity contribution in [2.75, 3.05) is 23.8 Å². The summed E-state index contributed by atoms with van der Waals surface area (Å²) in [5, 5.41) is 5.76. The van der Waals surface area contributed by atoms with Crippen molar-refractivity contribution < 1.29 is 27.9 Å². The summed E-state index contributed by atoms with van der Waals surface area (Å²) in [4.78, 5) is 45.7. The zero-order valence-corrected chi connectivity index (χ0v) is 22.8. The molecule has 41 heavy (non-hydrogen) atoms. The van der Waals surface area contributed by atoms with Crippen LogP contribution >= 0.6 is 0 Å². The van der Waals surface area contributed by atoms with Crippen molar-refractivity contribution in [3.63, 3.8) is 0 Å². The standard InChI is InChI=1S/C31H30F2N4O4/c1-3-31(4-2)29(40)37(25(17-41-31)19-10-21(32)13-22(33)11-19)16-26(38)35-23-8-7-18-14-30(15-20(18)12-23)24-6-5-9-34-27(24)36-28(30)39/h5-13,25H,3-4,14-17H2,1-2H3,(H,35,38)(H,34,36,39)/t25-,30+/m0/s1. The zero-order valence-electron chi connectivity index (χ0n) is 22.8. The molecule has 6 rings (SSSR count). The lowest BCUT2D eigenvalue weighted by Gasteiger charge is -2.45. The number of nitrogens with zero attached hydrogens (tertiary/aromatic N) is 2. The molecule has 3 aromatic rings. The molecule has 1 saturated heterocycles. The van der Waals surface area contributed by atoms with E-state index in [9.17, 15) is 23.2 Å². The number of aromatic nitrogens is 1. The molecule has 3 heterocycles. The van der Waals surface area contributed by atoms with Gasteiger partial charge >= 0.3 is 0 Å². The Labute approximate surface area is 236 Å². The Hall–Kier alpha value is -4.18. The zero-order chi connectivity index (χ0) is 28.9. The highest BCUT2D eigenvalue weighted by molar-refractivity contribution is 6.06. The second-order valence-electron chi connectivity index (χ2n) is 11.0. The summed E-state index contributed by atoms with van der Waals surface area (Å²) in [5.74, 6) is -1.90. The van der Waals surface area contributed by atoms with Crippen molar-refractivity contribution in [3.05, 3.63) is 88.6 Å². The van der Waals surface area contributed by atoms with Crippen LogP contribution in [-0.2, 0) is 37.4 Å². The molecule has 2 atom stereocenters. The quantitative estimate of drug-likeness (QED) is 0.464. The summed E-state index contributed by atoms with van der Waals surface area (Å²) < 4.78 is 34.1. The number of ether oxygens (including phenoxy) is 1. The minimum Gasteiger partial charge on any atom is -0.363 e. The smallest absolute Gasteiger partial charge is 0.255 e. The van der Waals surface area contributed by atoms with Crippen molar-refractivity contribution in [1.82, 2.24) is 9.88 Å². The minimum atomic E-state index is -1.11. The van der Waals surface area contributed by atoms with Gasteiger partial charge in [-0.2, -0.15) is 0 Å². The first-order valence-electron chi connectivity index (χ1n) is 13.8. The molecule has 3 amide bonds. The Balaban J connectivity index is 1.23. The third kappa shape index (κ3) is 4.46. The lowest BCUT2D eigenvalue weighted by Crippen LogP contribution is -2.58. The average Bonchev–Trinajstić information content (AvgIpc) is 3.46. The number of hydrogen-bond donors (Lipinski definition) is 2. The van der Waals surface area contributed by atoms with E-state index < -0.39 is 40.5 Å². The SMILES string of the molecule is CCC1(CC)OC[C@@H](c2cc(F)cc(F)c2)N(CC(=O)Nc2ccc3c(c2)C[C@@]2(C3)C(=O)Nc3ncccc32)C1=O. The lowest BCUT2D eigenvalue weighted by atomic mass is 9.79. The molecule has 212 valence electrons. The number of halogens is 2. The van der Waals surface area contributed by atoms with E-state index in [-0.39, 0.29) is 24.6 Å². The third-order valence-corrected chi connectivity index (χ3v) is 8.73. The molecule has 2 N–H and O–H groups in total. The van der Waals surface area contributed by atoms with Crippen LogP contribution in [0, 0.1) is 11.6 Å². The number of nitrogens with one attached hydrogen (secondary N) is 2. The Morgan fingerprint density at radius 2 is 1.80 bits per heavy atom. The highest BCUT2D eigenvalue weighted by atomic mass is 19.1. The van der Waals surface area contributed by atoms with E-state index >= 15 is 0 Å².